The van der Waals surface area contributed by atoms with E-state index in [9.17, 15) is 9.59 Å². The number of rotatable bonds is 8. The van der Waals surface area contributed by atoms with Crippen molar-refractivity contribution in [2.45, 2.75) is 33.0 Å². The molecule has 0 radical (unpaired) electrons. The average molecular weight is 357 g/mol. The van der Waals surface area contributed by atoms with Gasteiger partial charge < -0.3 is 10.4 Å². The number of aryl methyl sites for hydroxylation is 2. The van der Waals surface area contributed by atoms with Gasteiger partial charge in [0.2, 0.25) is 5.91 Å². The molecule has 0 spiro atoms. The molecule has 3 rings (SSSR count). The molecular formula is C16H19N7O3. The molecule has 2 N–H and O–H groups in total. The summed E-state index contributed by atoms with van der Waals surface area (Å²) < 4.78 is 4.99. The van der Waals surface area contributed by atoms with Crippen molar-refractivity contribution in [2.75, 3.05) is 5.32 Å². The van der Waals surface area contributed by atoms with Gasteiger partial charge >= 0.3 is 5.97 Å². The van der Waals surface area contributed by atoms with Crippen molar-refractivity contribution in [3.8, 4) is 0 Å². The summed E-state index contributed by atoms with van der Waals surface area (Å²) in [5, 5.41) is 23.9. The molecule has 3 heterocycles. The highest BCUT2D eigenvalue weighted by Gasteiger charge is 2.09. The molecule has 136 valence electrons. The first-order valence-electron chi connectivity index (χ1n) is 8.14. The summed E-state index contributed by atoms with van der Waals surface area (Å²) in [5.74, 6) is -1.29. The Kier molecular flexibility index (Phi) is 5.11. The van der Waals surface area contributed by atoms with Gasteiger partial charge in [-0.1, -0.05) is 0 Å². The number of hydrogen-bond acceptors (Lipinski definition) is 5. The zero-order chi connectivity index (χ0) is 18.5. The van der Waals surface area contributed by atoms with Gasteiger partial charge in [0, 0.05) is 43.7 Å². The fourth-order valence-electron chi connectivity index (χ4n) is 2.40. The van der Waals surface area contributed by atoms with Gasteiger partial charge in [-0.25, -0.2) is 4.79 Å². The van der Waals surface area contributed by atoms with Crippen molar-refractivity contribution < 1.29 is 14.7 Å². The molecular weight excluding hydrogens is 338 g/mol. The molecule has 3 aromatic rings. The van der Waals surface area contributed by atoms with Crippen LogP contribution >= 0.6 is 0 Å². The van der Waals surface area contributed by atoms with E-state index in [1.807, 2.05) is 17.8 Å². The number of nitrogens with zero attached hydrogens (tertiary/aromatic N) is 6. The topological polar surface area (TPSA) is 120 Å². The van der Waals surface area contributed by atoms with Gasteiger partial charge in [0.25, 0.3) is 0 Å². The van der Waals surface area contributed by atoms with Crippen LogP contribution in [0.5, 0.6) is 0 Å². The Hall–Kier alpha value is -3.43. The van der Waals surface area contributed by atoms with Crippen molar-refractivity contribution in [1.82, 2.24) is 29.3 Å². The molecule has 0 saturated carbocycles. The van der Waals surface area contributed by atoms with Gasteiger partial charge in [0.15, 0.2) is 5.69 Å². The molecule has 0 aromatic carbocycles. The molecule has 0 fully saturated rings. The predicted molar refractivity (Wildman–Crippen MR) is 91.7 cm³/mol. The van der Waals surface area contributed by atoms with Crippen LogP contribution in [0.15, 0.2) is 37.1 Å². The highest BCUT2D eigenvalue weighted by atomic mass is 16.4. The van der Waals surface area contributed by atoms with E-state index in [2.05, 4.69) is 20.6 Å². The Morgan fingerprint density at radius 1 is 1.15 bits per heavy atom. The molecule has 0 aliphatic rings. The number of aromatic nitrogens is 6. The maximum Gasteiger partial charge on any atom is 0.356 e. The van der Waals surface area contributed by atoms with Crippen molar-refractivity contribution >= 4 is 17.6 Å². The Morgan fingerprint density at radius 2 is 1.96 bits per heavy atom. The minimum absolute atomic E-state index is 0.0434. The lowest BCUT2D eigenvalue weighted by atomic mass is 10.3. The third-order valence-corrected chi connectivity index (χ3v) is 3.70. The maximum atomic E-state index is 12.0. The second-order valence-corrected chi connectivity index (χ2v) is 5.70. The van der Waals surface area contributed by atoms with Crippen LogP contribution < -0.4 is 5.32 Å². The number of carboxylic acid groups (broad SMARTS) is 1. The second-order valence-electron chi connectivity index (χ2n) is 5.70. The van der Waals surface area contributed by atoms with Gasteiger partial charge in [-0.05, 0) is 13.0 Å². The fraction of sp³-hybridized carbons (Fsp3) is 0.312. The van der Waals surface area contributed by atoms with Crippen molar-refractivity contribution in [3.63, 3.8) is 0 Å². The zero-order valence-corrected chi connectivity index (χ0v) is 14.2. The van der Waals surface area contributed by atoms with Crippen LogP contribution in [0.4, 0.5) is 5.69 Å². The lowest BCUT2D eigenvalue weighted by Gasteiger charge is -2.03. The zero-order valence-electron chi connectivity index (χ0n) is 14.2. The van der Waals surface area contributed by atoms with E-state index < -0.39 is 5.97 Å². The second kappa shape index (κ2) is 7.64. The molecule has 0 aliphatic carbocycles. The maximum absolute atomic E-state index is 12.0. The van der Waals surface area contributed by atoms with E-state index in [0.29, 0.717) is 18.8 Å². The summed E-state index contributed by atoms with van der Waals surface area (Å²) in [5.41, 5.74) is 1.59. The number of anilines is 1. The monoisotopic (exact) mass is 357 g/mol. The Balaban J connectivity index is 1.49. The quantitative estimate of drug-likeness (QED) is 0.622. The van der Waals surface area contributed by atoms with Crippen LogP contribution in [-0.2, 0) is 24.4 Å². The molecule has 0 atom stereocenters. The number of aromatic carboxylic acids is 1. The third kappa shape index (κ3) is 4.35. The van der Waals surface area contributed by atoms with Gasteiger partial charge in [-0.2, -0.15) is 15.3 Å². The summed E-state index contributed by atoms with van der Waals surface area (Å²) >= 11 is 0. The van der Waals surface area contributed by atoms with Crippen LogP contribution in [0.25, 0.3) is 0 Å². The number of hydrogen-bond donors (Lipinski definition) is 2. The van der Waals surface area contributed by atoms with Gasteiger partial charge in [-0.15, -0.1) is 0 Å². The minimum atomic E-state index is -1.09. The largest absolute Gasteiger partial charge is 0.476 e. The Labute approximate surface area is 149 Å². The molecule has 26 heavy (non-hydrogen) atoms. The minimum Gasteiger partial charge on any atom is -0.476 e. The van der Waals surface area contributed by atoms with Gasteiger partial charge in [0.05, 0.1) is 24.6 Å². The van der Waals surface area contributed by atoms with E-state index in [1.165, 1.54) is 16.9 Å². The van der Waals surface area contributed by atoms with Crippen molar-refractivity contribution in [2.24, 2.45) is 0 Å². The SMILES string of the molecule is CCn1cc(Cn2cc(NC(=O)CCn3ccc(C(=O)O)n3)cn2)cn1. The number of carbonyl (C=O) groups is 2. The van der Waals surface area contributed by atoms with Crippen LogP contribution in [0.1, 0.15) is 29.4 Å². The fourth-order valence-corrected chi connectivity index (χ4v) is 2.40. The smallest absolute Gasteiger partial charge is 0.356 e. The first-order chi connectivity index (χ1) is 12.5. The molecule has 10 nitrogen and oxygen atoms in total. The highest BCUT2D eigenvalue weighted by molar-refractivity contribution is 5.90. The first kappa shape index (κ1) is 17.4. The standard InChI is InChI=1S/C16H19N7O3/c1-2-21-9-12(7-17-21)10-23-11-13(8-18-23)19-15(24)4-6-22-5-3-14(20-22)16(25)26/h3,5,7-9,11H,2,4,6,10H2,1H3,(H,19,24)(H,25,26). The molecule has 0 saturated heterocycles. The highest BCUT2D eigenvalue weighted by Crippen LogP contribution is 2.08. The molecule has 3 aromatic heterocycles. The lowest BCUT2D eigenvalue weighted by Crippen LogP contribution is -2.14. The lowest BCUT2D eigenvalue weighted by molar-refractivity contribution is -0.116. The molecule has 0 unspecified atom stereocenters. The van der Waals surface area contributed by atoms with Gasteiger partial charge in [-0.3, -0.25) is 18.8 Å². The van der Waals surface area contributed by atoms with Crippen LogP contribution in [0.2, 0.25) is 0 Å². The molecule has 0 aliphatic heterocycles. The Morgan fingerprint density at radius 3 is 2.65 bits per heavy atom. The summed E-state index contributed by atoms with van der Waals surface area (Å²) in [6, 6.07) is 1.39. The molecule has 10 heteroatoms. The first-order valence-corrected chi connectivity index (χ1v) is 8.14. The predicted octanol–water partition coefficient (Wildman–Crippen LogP) is 1.07. The Bertz CT molecular complexity index is 908. The summed E-state index contributed by atoms with van der Waals surface area (Å²) in [7, 11) is 0. The number of amides is 1. The van der Waals surface area contributed by atoms with E-state index >= 15 is 0 Å². The summed E-state index contributed by atoms with van der Waals surface area (Å²) in [6.07, 6.45) is 8.78. The van der Waals surface area contributed by atoms with E-state index in [4.69, 9.17) is 5.11 Å². The van der Waals surface area contributed by atoms with Crippen LogP contribution in [-0.4, -0.2) is 46.3 Å². The molecule has 1 amide bonds. The average Bonchev–Trinajstić information content (AvgIpc) is 3.34. The number of carboxylic acids is 1. The van der Waals surface area contributed by atoms with Crippen LogP contribution in [0.3, 0.4) is 0 Å². The number of carbonyl (C=O) groups excluding carboxylic acids is 1. The van der Waals surface area contributed by atoms with Crippen LogP contribution in [0, 0.1) is 0 Å². The summed E-state index contributed by atoms with van der Waals surface area (Å²) in [6.45, 7) is 3.69. The van der Waals surface area contributed by atoms with E-state index in [0.717, 1.165) is 12.1 Å². The third-order valence-electron chi connectivity index (χ3n) is 3.70. The summed E-state index contributed by atoms with van der Waals surface area (Å²) in [4.78, 5) is 22.8. The number of nitrogens with one attached hydrogen (secondary N) is 1. The van der Waals surface area contributed by atoms with E-state index in [-0.39, 0.29) is 18.0 Å². The van der Waals surface area contributed by atoms with Crippen molar-refractivity contribution in [1.29, 1.82) is 0 Å². The molecule has 0 bridgehead atoms. The normalized spacial score (nSPS) is 10.8. The van der Waals surface area contributed by atoms with Gasteiger partial charge in [0.1, 0.15) is 0 Å². The van der Waals surface area contributed by atoms with Crippen molar-refractivity contribution in [3.05, 3.63) is 48.3 Å². The van der Waals surface area contributed by atoms with E-state index in [1.54, 1.807) is 23.3 Å².